The smallest absolute Gasteiger partial charge is 0.161 e. The van der Waals surface area contributed by atoms with E-state index in [1.54, 1.807) is 7.11 Å². The van der Waals surface area contributed by atoms with Gasteiger partial charge in [-0.05, 0) is 30.5 Å². The predicted octanol–water partition coefficient (Wildman–Crippen LogP) is 3.09. The molecular formula is C18H30N2O2. The molecule has 0 aliphatic carbocycles. The summed E-state index contributed by atoms with van der Waals surface area (Å²) in [5.74, 6) is 2.28. The maximum atomic E-state index is 5.76. The first-order valence-electron chi connectivity index (χ1n) is 8.46. The maximum Gasteiger partial charge on any atom is 0.161 e. The van der Waals surface area contributed by atoms with E-state index in [9.17, 15) is 0 Å². The van der Waals surface area contributed by atoms with E-state index in [0.29, 0.717) is 18.6 Å². The minimum absolute atomic E-state index is 0.442. The number of benzene rings is 1. The molecule has 1 heterocycles. The Hall–Kier alpha value is -1.26. The van der Waals surface area contributed by atoms with Crippen molar-refractivity contribution in [2.75, 3.05) is 39.9 Å². The van der Waals surface area contributed by atoms with Crippen molar-refractivity contribution < 1.29 is 9.47 Å². The van der Waals surface area contributed by atoms with Crippen LogP contribution in [0.3, 0.4) is 0 Å². The highest BCUT2D eigenvalue weighted by molar-refractivity contribution is 5.44. The summed E-state index contributed by atoms with van der Waals surface area (Å²) in [6, 6.07) is 6.84. The molecular weight excluding hydrogens is 276 g/mol. The Morgan fingerprint density at radius 3 is 2.50 bits per heavy atom. The van der Waals surface area contributed by atoms with Crippen LogP contribution in [-0.2, 0) is 0 Å². The summed E-state index contributed by atoms with van der Waals surface area (Å²) in [4.78, 5) is 2.60. The summed E-state index contributed by atoms with van der Waals surface area (Å²) in [5.41, 5.74) is 1.33. The van der Waals surface area contributed by atoms with Crippen molar-refractivity contribution in [2.45, 2.75) is 33.2 Å². The number of nitrogens with one attached hydrogen (secondary N) is 1. The first-order valence-corrected chi connectivity index (χ1v) is 8.46. The van der Waals surface area contributed by atoms with E-state index < -0.39 is 0 Å². The highest BCUT2D eigenvalue weighted by Crippen LogP contribution is 2.36. The van der Waals surface area contributed by atoms with Gasteiger partial charge in [-0.25, -0.2) is 0 Å². The number of nitrogens with zero attached hydrogens (tertiary/aromatic N) is 1. The van der Waals surface area contributed by atoms with Crippen LogP contribution in [0.2, 0.25) is 0 Å². The molecule has 1 N–H and O–H groups in total. The second-order valence-electron chi connectivity index (χ2n) is 5.96. The Morgan fingerprint density at radius 1 is 1.18 bits per heavy atom. The van der Waals surface area contributed by atoms with E-state index in [0.717, 1.165) is 37.7 Å². The van der Waals surface area contributed by atoms with E-state index in [1.165, 1.54) is 12.0 Å². The van der Waals surface area contributed by atoms with Gasteiger partial charge in [-0.15, -0.1) is 0 Å². The van der Waals surface area contributed by atoms with E-state index >= 15 is 0 Å². The van der Waals surface area contributed by atoms with Gasteiger partial charge in [-0.2, -0.15) is 0 Å². The predicted molar refractivity (Wildman–Crippen MR) is 90.8 cm³/mol. The summed E-state index contributed by atoms with van der Waals surface area (Å²) in [6.45, 7) is 11.6. The van der Waals surface area contributed by atoms with Gasteiger partial charge in [0, 0.05) is 32.2 Å². The zero-order valence-corrected chi connectivity index (χ0v) is 14.4. The minimum Gasteiger partial charge on any atom is -0.493 e. The lowest BCUT2D eigenvalue weighted by Gasteiger charge is -2.38. The fraction of sp³-hybridized carbons (Fsp3) is 0.667. The second-order valence-corrected chi connectivity index (χ2v) is 5.96. The SMILES string of the molecule is CCOc1cc([C@@H](C(C)CC)N2CCNCC2)ccc1OC. The zero-order valence-electron chi connectivity index (χ0n) is 14.4. The van der Waals surface area contributed by atoms with Gasteiger partial charge in [0.15, 0.2) is 11.5 Å². The van der Waals surface area contributed by atoms with Crippen LogP contribution in [0.15, 0.2) is 18.2 Å². The fourth-order valence-electron chi connectivity index (χ4n) is 3.23. The molecule has 0 bridgehead atoms. The molecule has 0 amide bonds. The van der Waals surface area contributed by atoms with Gasteiger partial charge in [-0.1, -0.05) is 26.3 Å². The minimum atomic E-state index is 0.442. The Morgan fingerprint density at radius 2 is 1.91 bits per heavy atom. The molecule has 1 aromatic rings. The zero-order chi connectivity index (χ0) is 15.9. The van der Waals surface area contributed by atoms with Crippen molar-refractivity contribution in [2.24, 2.45) is 5.92 Å². The quantitative estimate of drug-likeness (QED) is 0.839. The van der Waals surface area contributed by atoms with Crippen molar-refractivity contribution in [3.8, 4) is 11.5 Å². The third kappa shape index (κ3) is 3.93. The number of hydrogen-bond donors (Lipinski definition) is 1. The first-order chi connectivity index (χ1) is 10.7. The van der Waals surface area contributed by atoms with Crippen LogP contribution in [-0.4, -0.2) is 44.8 Å². The lowest BCUT2D eigenvalue weighted by atomic mass is 9.90. The summed E-state index contributed by atoms with van der Waals surface area (Å²) >= 11 is 0. The van der Waals surface area contributed by atoms with Crippen molar-refractivity contribution in [1.82, 2.24) is 10.2 Å². The highest BCUT2D eigenvalue weighted by atomic mass is 16.5. The van der Waals surface area contributed by atoms with E-state index in [-0.39, 0.29) is 0 Å². The molecule has 22 heavy (non-hydrogen) atoms. The lowest BCUT2D eigenvalue weighted by Crippen LogP contribution is -2.46. The summed E-state index contributed by atoms with van der Waals surface area (Å²) in [7, 11) is 1.69. The van der Waals surface area contributed by atoms with Gasteiger partial charge < -0.3 is 14.8 Å². The Bertz CT molecular complexity index is 458. The van der Waals surface area contributed by atoms with Crippen molar-refractivity contribution in [3.63, 3.8) is 0 Å². The Kier molecular flexibility index (Phi) is 6.52. The van der Waals surface area contributed by atoms with Crippen molar-refractivity contribution >= 4 is 0 Å². The number of methoxy groups -OCH3 is 1. The van der Waals surface area contributed by atoms with Gasteiger partial charge >= 0.3 is 0 Å². The molecule has 0 spiro atoms. The first kappa shape index (κ1) is 17.1. The maximum absolute atomic E-state index is 5.76. The molecule has 0 radical (unpaired) electrons. The second kappa shape index (κ2) is 8.39. The molecule has 1 aliphatic heterocycles. The standard InChI is InChI=1S/C18H30N2O2/c1-5-14(3)18(20-11-9-19-10-12-20)15-7-8-16(21-4)17(13-15)22-6-2/h7-8,13-14,18-19H,5-6,9-12H2,1-4H3/t14?,18-/m1/s1. The molecule has 1 saturated heterocycles. The third-order valence-electron chi connectivity index (χ3n) is 4.56. The van der Waals surface area contributed by atoms with Crippen LogP contribution in [0.25, 0.3) is 0 Å². The molecule has 4 nitrogen and oxygen atoms in total. The average Bonchev–Trinajstić information content (AvgIpc) is 2.56. The molecule has 2 atom stereocenters. The van der Waals surface area contributed by atoms with Crippen LogP contribution in [0.5, 0.6) is 11.5 Å². The molecule has 1 aromatic carbocycles. The molecule has 2 rings (SSSR count). The Balaban J connectivity index is 2.31. The van der Waals surface area contributed by atoms with E-state index in [4.69, 9.17) is 9.47 Å². The number of piperazine rings is 1. The topological polar surface area (TPSA) is 33.7 Å². The van der Waals surface area contributed by atoms with Gasteiger partial charge in [0.2, 0.25) is 0 Å². The summed E-state index contributed by atoms with van der Waals surface area (Å²) in [5, 5.41) is 3.44. The van der Waals surface area contributed by atoms with Crippen molar-refractivity contribution in [3.05, 3.63) is 23.8 Å². The van der Waals surface area contributed by atoms with Crippen molar-refractivity contribution in [1.29, 1.82) is 0 Å². The molecule has 1 unspecified atom stereocenters. The highest BCUT2D eigenvalue weighted by Gasteiger charge is 2.27. The van der Waals surface area contributed by atoms with Crippen LogP contribution < -0.4 is 14.8 Å². The fourth-order valence-corrected chi connectivity index (χ4v) is 3.23. The largest absolute Gasteiger partial charge is 0.493 e. The van der Waals surface area contributed by atoms with Gasteiger partial charge in [0.25, 0.3) is 0 Å². The van der Waals surface area contributed by atoms with E-state index in [1.807, 2.05) is 13.0 Å². The molecule has 0 aromatic heterocycles. The van der Waals surface area contributed by atoms with Crippen LogP contribution in [0.1, 0.15) is 38.8 Å². The number of ether oxygens (including phenoxy) is 2. The molecule has 1 aliphatic rings. The normalized spacial score (nSPS) is 18.7. The summed E-state index contributed by atoms with van der Waals surface area (Å²) < 4.78 is 11.2. The van der Waals surface area contributed by atoms with Crippen LogP contribution in [0, 0.1) is 5.92 Å². The lowest BCUT2D eigenvalue weighted by molar-refractivity contribution is 0.128. The Labute approximate surface area is 134 Å². The van der Waals surface area contributed by atoms with Gasteiger partial charge in [-0.3, -0.25) is 4.90 Å². The van der Waals surface area contributed by atoms with Gasteiger partial charge in [0.05, 0.1) is 13.7 Å². The number of rotatable bonds is 7. The third-order valence-corrected chi connectivity index (χ3v) is 4.56. The van der Waals surface area contributed by atoms with Crippen LogP contribution >= 0.6 is 0 Å². The molecule has 0 saturated carbocycles. The summed E-state index contributed by atoms with van der Waals surface area (Å²) in [6.07, 6.45) is 1.17. The van der Waals surface area contributed by atoms with Gasteiger partial charge in [0.1, 0.15) is 0 Å². The van der Waals surface area contributed by atoms with Crippen LogP contribution in [0.4, 0.5) is 0 Å². The monoisotopic (exact) mass is 306 g/mol. The average molecular weight is 306 g/mol. The molecule has 4 heteroatoms. The number of hydrogen-bond acceptors (Lipinski definition) is 4. The molecule has 124 valence electrons. The molecule has 1 fully saturated rings. The van der Waals surface area contributed by atoms with E-state index in [2.05, 4.69) is 36.2 Å².